The summed E-state index contributed by atoms with van der Waals surface area (Å²) < 4.78 is 21.5. The van der Waals surface area contributed by atoms with E-state index in [0.717, 1.165) is 22.9 Å². The number of benzene rings is 2. The maximum atomic E-state index is 14.4. The van der Waals surface area contributed by atoms with Crippen LogP contribution in [0, 0.1) is 17.7 Å². The van der Waals surface area contributed by atoms with E-state index < -0.39 is 5.97 Å². The second-order valence-corrected chi connectivity index (χ2v) is 8.95. The number of aromatic nitrogens is 1. The quantitative estimate of drug-likeness (QED) is 0.515. The fourth-order valence-electron chi connectivity index (χ4n) is 5.02. The first-order chi connectivity index (χ1) is 15.4. The number of aromatic carboxylic acids is 1. The Bertz CT molecular complexity index is 1120. The first kappa shape index (κ1) is 22.3. The van der Waals surface area contributed by atoms with Crippen LogP contribution in [0.2, 0.25) is 0 Å². The number of halogens is 1. The minimum Gasteiger partial charge on any atom is -0.497 e. The highest BCUT2D eigenvalue weighted by Crippen LogP contribution is 2.33. The summed E-state index contributed by atoms with van der Waals surface area (Å²) in [4.78, 5) is 12.4. The van der Waals surface area contributed by atoms with Gasteiger partial charge in [-0.05, 0) is 36.5 Å². The Hall–Kier alpha value is -2.86. The number of nitrogens with zero attached hydrogens (tertiary/aromatic N) is 1. The second kappa shape index (κ2) is 9.33. The molecule has 3 atom stereocenters. The Morgan fingerprint density at radius 3 is 2.72 bits per heavy atom. The average Bonchev–Trinajstić information content (AvgIpc) is 3.09. The number of hydrogen-bond acceptors (Lipinski definition) is 3. The molecule has 2 N–H and O–H groups in total. The monoisotopic (exact) mass is 438 g/mol. The van der Waals surface area contributed by atoms with Crippen molar-refractivity contribution in [1.29, 1.82) is 0 Å². The molecule has 4 rings (SSSR count). The predicted octanol–water partition coefficient (Wildman–Crippen LogP) is 5.45. The van der Waals surface area contributed by atoms with Gasteiger partial charge in [-0.3, -0.25) is 0 Å². The topological polar surface area (TPSA) is 63.5 Å². The van der Waals surface area contributed by atoms with E-state index in [4.69, 9.17) is 4.74 Å². The summed E-state index contributed by atoms with van der Waals surface area (Å²) in [6.45, 7) is 5.14. The van der Waals surface area contributed by atoms with Gasteiger partial charge >= 0.3 is 5.97 Å². The molecule has 1 aliphatic carbocycles. The van der Waals surface area contributed by atoms with Gasteiger partial charge in [-0.25, -0.2) is 9.18 Å². The van der Waals surface area contributed by atoms with Crippen molar-refractivity contribution in [3.8, 4) is 5.75 Å². The molecule has 0 radical (unpaired) electrons. The van der Waals surface area contributed by atoms with Crippen molar-refractivity contribution in [3.05, 3.63) is 65.1 Å². The molecule has 1 saturated carbocycles. The van der Waals surface area contributed by atoms with Gasteiger partial charge in [0.15, 0.2) is 0 Å². The second-order valence-electron chi connectivity index (χ2n) is 8.95. The van der Waals surface area contributed by atoms with Crippen molar-refractivity contribution in [2.45, 2.75) is 52.2 Å². The lowest BCUT2D eigenvalue weighted by molar-refractivity contribution is 0.0684. The molecule has 1 aromatic heterocycles. The summed E-state index contributed by atoms with van der Waals surface area (Å²) in [6, 6.07) is 12.4. The van der Waals surface area contributed by atoms with Crippen molar-refractivity contribution in [1.82, 2.24) is 9.88 Å². The minimum atomic E-state index is -1.02. The zero-order valence-corrected chi connectivity index (χ0v) is 18.9. The van der Waals surface area contributed by atoms with Gasteiger partial charge < -0.3 is 19.7 Å². The fourth-order valence-corrected chi connectivity index (χ4v) is 5.02. The average molecular weight is 439 g/mol. The molecule has 0 unspecified atom stereocenters. The number of methoxy groups -OCH3 is 1. The van der Waals surface area contributed by atoms with E-state index in [2.05, 4.69) is 19.2 Å². The molecule has 170 valence electrons. The Morgan fingerprint density at radius 1 is 1.22 bits per heavy atom. The van der Waals surface area contributed by atoms with Gasteiger partial charge in [0.05, 0.1) is 19.2 Å². The summed E-state index contributed by atoms with van der Waals surface area (Å²) >= 11 is 0. The summed E-state index contributed by atoms with van der Waals surface area (Å²) in [5.41, 5.74) is 2.10. The lowest BCUT2D eigenvalue weighted by atomic mass is 9.78. The summed E-state index contributed by atoms with van der Waals surface area (Å²) in [7, 11) is 1.58. The molecule has 1 fully saturated rings. The predicted molar refractivity (Wildman–Crippen MR) is 124 cm³/mol. The Morgan fingerprint density at radius 2 is 2.00 bits per heavy atom. The third-order valence-corrected chi connectivity index (χ3v) is 7.11. The van der Waals surface area contributed by atoms with Crippen LogP contribution in [0.4, 0.5) is 4.39 Å². The van der Waals surface area contributed by atoms with E-state index >= 15 is 0 Å². The fraction of sp³-hybridized carbons (Fsp3) is 0.423. The van der Waals surface area contributed by atoms with Crippen LogP contribution >= 0.6 is 0 Å². The number of carbonyl (C=O) groups is 1. The highest BCUT2D eigenvalue weighted by molar-refractivity contribution is 5.98. The van der Waals surface area contributed by atoms with Crippen LogP contribution in [0.25, 0.3) is 10.9 Å². The number of ether oxygens (including phenoxy) is 1. The van der Waals surface area contributed by atoms with Crippen LogP contribution < -0.4 is 10.1 Å². The molecule has 3 aromatic rings. The van der Waals surface area contributed by atoms with Gasteiger partial charge in [0.1, 0.15) is 17.3 Å². The Labute approximate surface area is 188 Å². The largest absolute Gasteiger partial charge is 0.497 e. The Kier molecular flexibility index (Phi) is 6.51. The van der Waals surface area contributed by atoms with Crippen LogP contribution in [0.1, 0.15) is 54.7 Å². The van der Waals surface area contributed by atoms with Gasteiger partial charge in [0.25, 0.3) is 0 Å². The van der Waals surface area contributed by atoms with E-state index in [1.165, 1.54) is 18.9 Å². The van der Waals surface area contributed by atoms with Crippen molar-refractivity contribution in [2.24, 2.45) is 11.8 Å². The lowest BCUT2D eigenvalue weighted by Crippen LogP contribution is -2.40. The number of rotatable bonds is 7. The maximum Gasteiger partial charge on any atom is 0.352 e. The molecular weight excluding hydrogens is 407 g/mol. The Balaban J connectivity index is 1.78. The molecule has 0 amide bonds. The number of hydrogen-bond donors (Lipinski definition) is 2. The van der Waals surface area contributed by atoms with Crippen molar-refractivity contribution < 1.29 is 19.0 Å². The van der Waals surface area contributed by atoms with Gasteiger partial charge in [-0.2, -0.15) is 0 Å². The van der Waals surface area contributed by atoms with Gasteiger partial charge in [0.2, 0.25) is 0 Å². The first-order valence-corrected chi connectivity index (χ1v) is 11.3. The van der Waals surface area contributed by atoms with Crippen molar-refractivity contribution in [2.75, 3.05) is 7.11 Å². The highest BCUT2D eigenvalue weighted by Gasteiger charge is 2.28. The number of carboxylic acids is 1. The maximum absolute atomic E-state index is 14.4. The summed E-state index contributed by atoms with van der Waals surface area (Å²) in [5, 5.41) is 14.7. The molecule has 0 aliphatic heterocycles. The van der Waals surface area contributed by atoms with Crippen molar-refractivity contribution >= 4 is 16.9 Å². The molecule has 0 spiro atoms. The molecule has 1 heterocycles. The first-order valence-electron chi connectivity index (χ1n) is 11.3. The molecule has 32 heavy (non-hydrogen) atoms. The zero-order valence-electron chi connectivity index (χ0n) is 18.9. The highest BCUT2D eigenvalue weighted by atomic mass is 19.1. The number of nitrogens with one attached hydrogen (secondary N) is 1. The van der Waals surface area contributed by atoms with Crippen molar-refractivity contribution in [3.63, 3.8) is 0 Å². The summed E-state index contributed by atoms with van der Waals surface area (Å²) in [5.74, 6) is 0.448. The summed E-state index contributed by atoms with van der Waals surface area (Å²) in [6.07, 6.45) is 3.51. The normalized spacial score (nSPS) is 21.1. The van der Waals surface area contributed by atoms with E-state index in [1.54, 1.807) is 29.9 Å². The van der Waals surface area contributed by atoms with Crippen LogP contribution in [-0.4, -0.2) is 28.8 Å². The van der Waals surface area contributed by atoms with E-state index in [9.17, 15) is 14.3 Å². The van der Waals surface area contributed by atoms with E-state index in [0.29, 0.717) is 35.7 Å². The van der Waals surface area contributed by atoms with Crippen LogP contribution in [0.3, 0.4) is 0 Å². The van der Waals surface area contributed by atoms with E-state index in [1.807, 2.05) is 18.2 Å². The van der Waals surface area contributed by atoms with Gasteiger partial charge in [-0.15, -0.1) is 0 Å². The third-order valence-electron chi connectivity index (χ3n) is 7.11. The van der Waals surface area contributed by atoms with Crippen LogP contribution in [0.5, 0.6) is 5.75 Å². The third kappa shape index (κ3) is 4.24. The van der Waals surface area contributed by atoms with Gasteiger partial charge in [-0.1, -0.05) is 44.9 Å². The number of fused-ring (bicyclic) bond motifs is 1. The molecular formula is C26H31FN2O3. The SMILES string of the molecule is COc1ccc2c(CN[C@@H]3CCC[C@H](C)[C@H]3C)c(C(=O)O)n(Cc3ccccc3F)c2c1. The van der Waals surface area contributed by atoms with Crippen LogP contribution in [-0.2, 0) is 13.1 Å². The molecule has 1 aliphatic rings. The molecule has 6 heteroatoms. The van der Waals surface area contributed by atoms with Crippen LogP contribution in [0.15, 0.2) is 42.5 Å². The molecule has 2 aromatic carbocycles. The zero-order chi connectivity index (χ0) is 22.8. The molecule has 5 nitrogen and oxygen atoms in total. The standard InChI is InChI=1S/C26H31FN2O3/c1-16-7-6-10-23(17(16)2)28-14-21-20-12-11-19(32-3)13-24(20)29(25(21)26(30)31)15-18-8-4-5-9-22(18)27/h4-5,8-9,11-13,16-17,23,28H,6-7,10,14-15H2,1-3H3,(H,30,31)/t16-,17+,23+/m0/s1. The van der Waals surface area contributed by atoms with Gasteiger partial charge in [0, 0.05) is 35.2 Å². The minimum absolute atomic E-state index is 0.134. The number of carboxylic acid groups (broad SMARTS) is 1. The molecule has 0 saturated heterocycles. The van der Waals surface area contributed by atoms with E-state index in [-0.39, 0.29) is 18.1 Å². The lowest BCUT2D eigenvalue weighted by Gasteiger charge is -2.34. The molecule has 0 bridgehead atoms. The smallest absolute Gasteiger partial charge is 0.352 e.